The van der Waals surface area contributed by atoms with Crippen LogP contribution in [-0.2, 0) is 10.0 Å². The van der Waals surface area contributed by atoms with Crippen molar-refractivity contribution in [3.63, 3.8) is 0 Å². The Hall–Kier alpha value is 0.190. The summed E-state index contributed by atoms with van der Waals surface area (Å²) < 4.78 is 27.2. The molecule has 0 amide bonds. The van der Waals surface area contributed by atoms with E-state index in [2.05, 4.69) is 20.7 Å². The topological polar surface area (TPSA) is 46.2 Å². The number of nitrogens with one attached hydrogen (secondary N) is 1. The Morgan fingerprint density at radius 3 is 2.17 bits per heavy atom. The molecule has 7 heteroatoms. The van der Waals surface area contributed by atoms with E-state index in [0.29, 0.717) is 15.4 Å². The van der Waals surface area contributed by atoms with Crippen LogP contribution in [0.1, 0.15) is 19.3 Å². The molecule has 0 atom stereocenters. The molecule has 0 bridgehead atoms. The first kappa shape index (κ1) is 14.6. The summed E-state index contributed by atoms with van der Waals surface area (Å²) >= 11 is 15.0. The zero-order chi connectivity index (χ0) is 13.4. The van der Waals surface area contributed by atoms with Crippen LogP contribution in [0.4, 0.5) is 0 Å². The lowest BCUT2D eigenvalue weighted by Crippen LogP contribution is -2.54. The lowest BCUT2D eigenvalue weighted by Gasteiger charge is -2.40. The SMILES string of the molecule is O=S(=O)(NC1(CBr)CCC1)c1cc(Cl)cc(Cl)c1. The standard InChI is InChI=1S/C11H12BrCl2NO2S/c12-7-11(2-1-3-11)15-18(16,17)10-5-8(13)4-9(14)6-10/h4-6,15H,1-3,7H2. The van der Waals surface area contributed by atoms with Crippen molar-refractivity contribution in [2.24, 2.45) is 0 Å². The van der Waals surface area contributed by atoms with E-state index in [1.54, 1.807) is 0 Å². The molecule has 0 aromatic heterocycles. The van der Waals surface area contributed by atoms with Crippen LogP contribution in [0, 0.1) is 0 Å². The van der Waals surface area contributed by atoms with Gasteiger partial charge in [-0.15, -0.1) is 0 Å². The van der Waals surface area contributed by atoms with Crippen LogP contribution < -0.4 is 4.72 Å². The molecule has 100 valence electrons. The van der Waals surface area contributed by atoms with Crippen molar-refractivity contribution in [2.75, 3.05) is 5.33 Å². The zero-order valence-corrected chi connectivity index (χ0v) is 13.3. The summed E-state index contributed by atoms with van der Waals surface area (Å²) in [6.07, 6.45) is 2.71. The van der Waals surface area contributed by atoms with Gasteiger partial charge in [0.15, 0.2) is 0 Å². The molecule has 0 aliphatic heterocycles. The highest BCUT2D eigenvalue weighted by atomic mass is 79.9. The average molecular weight is 373 g/mol. The van der Waals surface area contributed by atoms with Crippen molar-refractivity contribution in [3.8, 4) is 0 Å². The van der Waals surface area contributed by atoms with Crippen LogP contribution in [0.5, 0.6) is 0 Å². The van der Waals surface area contributed by atoms with Gasteiger partial charge >= 0.3 is 0 Å². The Morgan fingerprint density at radius 2 is 1.78 bits per heavy atom. The molecule has 1 fully saturated rings. The predicted octanol–water partition coefficient (Wildman–Crippen LogP) is 3.59. The van der Waals surface area contributed by atoms with E-state index < -0.39 is 10.0 Å². The van der Waals surface area contributed by atoms with Gasteiger partial charge in [0, 0.05) is 20.9 Å². The lowest BCUT2D eigenvalue weighted by atomic mass is 9.80. The van der Waals surface area contributed by atoms with Crippen LogP contribution in [0.15, 0.2) is 23.1 Å². The van der Waals surface area contributed by atoms with E-state index in [0.717, 1.165) is 19.3 Å². The molecule has 3 nitrogen and oxygen atoms in total. The monoisotopic (exact) mass is 371 g/mol. The Labute approximate surface area is 125 Å². The average Bonchev–Trinajstić information content (AvgIpc) is 2.22. The van der Waals surface area contributed by atoms with Gasteiger partial charge in [0.2, 0.25) is 10.0 Å². The molecular formula is C11H12BrCl2NO2S. The number of benzene rings is 1. The van der Waals surface area contributed by atoms with Crippen LogP contribution in [0.2, 0.25) is 10.0 Å². The van der Waals surface area contributed by atoms with Crippen LogP contribution in [-0.4, -0.2) is 19.3 Å². The molecule has 0 radical (unpaired) electrons. The van der Waals surface area contributed by atoms with Crippen molar-refractivity contribution in [2.45, 2.75) is 29.7 Å². The summed E-state index contributed by atoms with van der Waals surface area (Å²) in [5.74, 6) is 0. The fourth-order valence-electron chi connectivity index (χ4n) is 1.89. The molecule has 0 unspecified atom stereocenters. The van der Waals surface area contributed by atoms with Crippen molar-refractivity contribution in [1.82, 2.24) is 4.72 Å². The maximum absolute atomic E-state index is 12.3. The summed E-state index contributed by atoms with van der Waals surface area (Å²) in [6, 6.07) is 4.30. The van der Waals surface area contributed by atoms with Gasteiger partial charge in [-0.2, -0.15) is 0 Å². The molecule has 1 saturated carbocycles. The van der Waals surface area contributed by atoms with E-state index in [-0.39, 0.29) is 10.4 Å². The molecule has 1 N–H and O–H groups in total. The summed E-state index contributed by atoms with van der Waals surface area (Å²) in [4.78, 5) is 0.104. The predicted molar refractivity (Wildman–Crippen MR) is 77.2 cm³/mol. The molecule has 1 aliphatic rings. The highest BCUT2D eigenvalue weighted by Gasteiger charge is 2.39. The summed E-state index contributed by atoms with van der Waals surface area (Å²) in [6.45, 7) is 0. The van der Waals surface area contributed by atoms with Crippen LogP contribution in [0.25, 0.3) is 0 Å². The van der Waals surface area contributed by atoms with Crippen LogP contribution in [0.3, 0.4) is 0 Å². The highest BCUT2D eigenvalue weighted by Crippen LogP contribution is 2.35. The summed E-state index contributed by atoms with van der Waals surface area (Å²) in [7, 11) is -3.58. The molecule has 1 aromatic carbocycles. The molecule has 1 aromatic rings. The first-order chi connectivity index (χ1) is 8.37. The molecule has 0 saturated heterocycles. The molecule has 0 heterocycles. The maximum Gasteiger partial charge on any atom is 0.241 e. The highest BCUT2D eigenvalue weighted by molar-refractivity contribution is 9.09. The molecule has 1 aliphatic carbocycles. The van der Waals surface area contributed by atoms with E-state index in [1.807, 2.05) is 0 Å². The smallest absolute Gasteiger partial charge is 0.207 e. The van der Waals surface area contributed by atoms with Gasteiger partial charge in [0.05, 0.1) is 4.90 Å². The molecule has 2 rings (SSSR count). The first-order valence-electron chi connectivity index (χ1n) is 5.43. The number of halogens is 3. The van der Waals surface area contributed by atoms with Gasteiger partial charge < -0.3 is 0 Å². The number of rotatable bonds is 4. The second-order valence-corrected chi connectivity index (χ2v) is 7.59. The van der Waals surface area contributed by atoms with Crippen LogP contribution >= 0.6 is 39.1 Å². The van der Waals surface area contributed by atoms with E-state index in [1.165, 1.54) is 18.2 Å². The summed E-state index contributed by atoms with van der Waals surface area (Å²) in [5.41, 5.74) is -0.367. The minimum absolute atomic E-state index is 0.104. The number of sulfonamides is 1. The minimum Gasteiger partial charge on any atom is -0.207 e. The Kier molecular flexibility index (Phi) is 4.29. The zero-order valence-electron chi connectivity index (χ0n) is 9.42. The fraction of sp³-hybridized carbons (Fsp3) is 0.455. The van der Waals surface area contributed by atoms with E-state index in [4.69, 9.17) is 23.2 Å². The van der Waals surface area contributed by atoms with Gasteiger partial charge in [-0.25, -0.2) is 13.1 Å². The van der Waals surface area contributed by atoms with Gasteiger partial charge in [0.1, 0.15) is 0 Å². The number of alkyl halides is 1. The third-order valence-corrected chi connectivity index (χ3v) is 6.13. The fourth-order valence-corrected chi connectivity index (χ4v) is 4.96. The van der Waals surface area contributed by atoms with Gasteiger partial charge in [-0.3, -0.25) is 0 Å². The minimum atomic E-state index is -3.58. The van der Waals surface area contributed by atoms with Crippen molar-refractivity contribution in [3.05, 3.63) is 28.2 Å². The second kappa shape index (κ2) is 5.29. The molecular weight excluding hydrogens is 361 g/mol. The lowest BCUT2D eigenvalue weighted by molar-refractivity contribution is 0.256. The Morgan fingerprint density at radius 1 is 1.22 bits per heavy atom. The second-order valence-electron chi connectivity index (χ2n) is 4.48. The Bertz CT molecular complexity index is 532. The third kappa shape index (κ3) is 3.02. The van der Waals surface area contributed by atoms with E-state index >= 15 is 0 Å². The summed E-state index contributed by atoms with van der Waals surface area (Å²) in [5, 5.41) is 1.22. The van der Waals surface area contributed by atoms with Crippen molar-refractivity contribution in [1.29, 1.82) is 0 Å². The largest absolute Gasteiger partial charge is 0.241 e. The molecule has 0 spiro atoms. The van der Waals surface area contributed by atoms with Crippen molar-refractivity contribution < 1.29 is 8.42 Å². The van der Waals surface area contributed by atoms with Gasteiger partial charge in [-0.05, 0) is 37.5 Å². The quantitative estimate of drug-likeness (QED) is 0.821. The number of hydrogen-bond acceptors (Lipinski definition) is 2. The van der Waals surface area contributed by atoms with Crippen molar-refractivity contribution >= 4 is 49.2 Å². The Balaban J connectivity index is 2.30. The van der Waals surface area contributed by atoms with Gasteiger partial charge in [0.25, 0.3) is 0 Å². The number of hydrogen-bond donors (Lipinski definition) is 1. The first-order valence-corrected chi connectivity index (χ1v) is 8.79. The normalized spacial score (nSPS) is 18.4. The molecule has 18 heavy (non-hydrogen) atoms. The maximum atomic E-state index is 12.3. The van der Waals surface area contributed by atoms with Gasteiger partial charge in [-0.1, -0.05) is 39.1 Å². The van der Waals surface area contributed by atoms with E-state index in [9.17, 15) is 8.42 Å². The third-order valence-electron chi connectivity index (χ3n) is 3.06.